The Labute approximate surface area is 120 Å². The number of nitrogen functional groups attached to an aromatic ring is 1. The third-order valence-electron chi connectivity index (χ3n) is 4.15. The molecule has 1 aliphatic carbocycles. The maximum absolute atomic E-state index is 12.3. The van der Waals surface area contributed by atoms with Crippen LogP contribution >= 0.6 is 0 Å². The number of amides is 1. The first kappa shape index (κ1) is 14.8. The van der Waals surface area contributed by atoms with Gasteiger partial charge in [-0.1, -0.05) is 26.7 Å². The van der Waals surface area contributed by atoms with Gasteiger partial charge in [-0.25, -0.2) is 0 Å². The van der Waals surface area contributed by atoms with Crippen LogP contribution < -0.4 is 16.6 Å². The van der Waals surface area contributed by atoms with Gasteiger partial charge in [0.15, 0.2) is 0 Å². The fraction of sp³-hybridized carbons (Fsp3) is 0.600. The predicted octanol–water partition coefficient (Wildman–Crippen LogP) is 2.31. The highest BCUT2D eigenvalue weighted by Gasteiger charge is 2.29. The van der Waals surface area contributed by atoms with E-state index in [4.69, 9.17) is 5.84 Å². The fourth-order valence-electron chi connectivity index (χ4n) is 3.02. The summed E-state index contributed by atoms with van der Waals surface area (Å²) in [7, 11) is 0. The molecule has 0 aliphatic heterocycles. The van der Waals surface area contributed by atoms with E-state index in [0.29, 0.717) is 23.2 Å². The number of nitrogens with two attached hydrogens (primary N) is 1. The number of anilines is 1. The largest absolute Gasteiger partial charge is 0.348 e. The van der Waals surface area contributed by atoms with E-state index in [9.17, 15) is 4.79 Å². The predicted molar refractivity (Wildman–Crippen MR) is 80.1 cm³/mol. The van der Waals surface area contributed by atoms with E-state index < -0.39 is 0 Å². The molecule has 5 heteroatoms. The van der Waals surface area contributed by atoms with Gasteiger partial charge >= 0.3 is 0 Å². The number of nitrogens with one attached hydrogen (secondary N) is 2. The van der Waals surface area contributed by atoms with Crippen LogP contribution in [0.25, 0.3) is 0 Å². The molecule has 1 fully saturated rings. The van der Waals surface area contributed by atoms with Crippen molar-refractivity contribution in [1.29, 1.82) is 0 Å². The zero-order valence-corrected chi connectivity index (χ0v) is 12.2. The molecular formula is C15H24N4O. The molecule has 0 radical (unpaired) electrons. The molecule has 1 aromatic rings. The van der Waals surface area contributed by atoms with Crippen molar-refractivity contribution in [2.45, 2.75) is 45.6 Å². The molecule has 0 bridgehead atoms. The summed E-state index contributed by atoms with van der Waals surface area (Å²) in [5, 5.41) is 3.15. The minimum absolute atomic E-state index is 0.111. The van der Waals surface area contributed by atoms with Crippen molar-refractivity contribution in [1.82, 2.24) is 10.3 Å². The van der Waals surface area contributed by atoms with Crippen LogP contribution in [0, 0.1) is 11.8 Å². The number of hydrazine groups is 1. The van der Waals surface area contributed by atoms with Gasteiger partial charge in [-0.3, -0.25) is 15.6 Å². The standard InChI is InChI=1S/C15H24N4O/c1-10(2)12-5-3-4-6-13(12)18-15(20)14-9-11(19-16)7-8-17-14/h7-10,12-13H,3-6,16H2,1-2H3,(H,17,19)(H,18,20). The van der Waals surface area contributed by atoms with Crippen molar-refractivity contribution in [2.24, 2.45) is 17.7 Å². The maximum Gasteiger partial charge on any atom is 0.270 e. The Hall–Kier alpha value is -1.62. The average Bonchev–Trinajstić information content (AvgIpc) is 2.47. The summed E-state index contributed by atoms with van der Waals surface area (Å²) in [5.74, 6) is 6.39. The lowest BCUT2D eigenvalue weighted by molar-refractivity contribution is 0.0884. The van der Waals surface area contributed by atoms with Crippen LogP contribution in [0.3, 0.4) is 0 Å². The number of hydrogen-bond donors (Lipinski definition) is 3. The van der Waals surface area contributed by atoms with Gasteiger partial charge < -0.3 is 10.7 Å². The summed E-state index contributed by atoms with van der Waals surface area (Å²) < 4.78 is 0. The zero-order chi connectivity index (χ0) is 14.5. The van der Waals surface area contributed by atoms with Crippen LogP contribution in [0.5, 0.6) is 0 Å². The molecule has 0 spiro atoms. The second-order valence-electron chi connectivity index (χ2n) is 5.85. The van der Waals surface area contributed by atoms with E-state index in [2.05, 4.69) is 29.6 Å². The Morgan fingerprint density at radius 1 is 1.40 bits per heavy atom. The Morgan fingerprint density at radius 2 is 2.15 bits per heavy atom. The zero-order valence-electron chi connectivity index (χ0n) is 12.2. The third-order valence-corrected chi connectivity index (χ3v) is 4.15. The smallest absolute Gasteiger partial charge is 0.270 e. The van der Waals surface area contributed by atoms with Crippen molar-refractivity contribution in [2.75, 3.05) is 5.43 Å². The molecule has 1 aromatic heterocycles. The van der Waals surface area contributed by atoms with Gasteiger partial charge in [-0.05, 0) is 36.8 Å². The van der Waals surface area contributed by atoms with Crippen molar-refractivity contribution >= 4 is 11.6 Å². The van der Waals surface area contributed by atoms with Crippen LogP contribution in [0.2, 0.25) is 0 Å². The molecule has 0 saturated heterocycles. The van der Waals surface area contributed by atoms with Crippen LogP contribution in [-0.2, 0) is 0 Å². The van der Waals surface area contributed by atoms with Gasteiger partial charge in [0, 0.05) is 12.2 Å². The van der Waals surface area contributed by atoms with Crippen LogP contribution in [0.1, 0.15) is 50.0 Å². The van der Waals surface area contributed by atoms with E-state index in [1.54, 1.807) is 18.3 Å². The van der Waals surface area contributed by atoms with Gasteiger partial charge in [0.25, 0.3) is 5.91 Å². The normalized spacial score (nSPS) is 22.6. The number of carbonyl (C=O) groups excluding carboxylic acids is 1. The van der Waals surface area contributed by atoms with E-state index >= 15 is 0 Å². The molecule has 0 aromatic carbocycles. The summed E-state index contributed by atoms with van der Waals surface area (Å²) >= 11 is 0. The molecule has 2 rings (SSSR count). The molecule has 2 unspecified atom stereocenters. The van der Waals surface area contributed by atoms with Crippen LogP contribution in [0.15, 0.2) is 18.3 Å². The second kappa shape index (κ2) is 6.70. The molecule has 110 valence electrons. The first-order valence-electron chi connectivity index (χ1n) is 7.35. The van der Waals surface area contributed by atoms with E-state index in [0.717, 1.165) is 6.42 Å². The van der Waals surface area contributed by atoms with Gasteiger partial charge in [0.05, 0.1) is 5.69 Å². The molecule has 1 aliphatic rings. The number of nitrogens with zero attached hydrogens (tertiary/aromatic N) is 1. The van der Waals surface area contributed by atoms with Gasteiger partial charge in [-0.2, -0.15) is 0 Å². The Morgan fingerprint density at radius 3 is 2.85 bits per heavy atom. The minimum atomic E-state index is -0.111. The van der Waals surface area contributed by atoms with Gasteiger partial charge in [0.2, 0.25) is 0 Å². The number of aromatic nitrogens is 1. The third kappa shape index (κ3) is 3.48. The summed E-state index contributed by atoms with van der Waals surface area (Å²) in [6, 6.07) is 3.66. The van der Waals surface area contributed by atoms with E-state index in [1.165, 1.54) is 19.3 Å². The van der Waals surface area contributed by atoms with Crippen molar-refractivity contribution in [3.63, 3.8) is 0 Å². The molecular weight excluding hydrogens is 252 g/mol. The fourth-order valence-corrected chi connectivity index (χ4v) is 3.02. The molecule has 1 amide bonds. The molecule has 1 heterocycles. The maximum atomic E-state index is 12.3. The number of pyridine rings is 1. The summed E-state index contributed by atoms with van der Waals surface area (Å²) in [6.07, 6.45) is 6.29. The molecule has 1 saturated carbocycles. The monoisotopic (exact) mass is 276 g/mol. The first-order valence-corrected chi connectivity index (χ1v) is 7.35. The van der Waals surface area contributed by atoms with Crippen molar-refractivity contribution < 1.29 is 4.79 Å². The highest BCUT2D eigenvalue weighted by Crippen LogP contribution is 2.30. The lowest BCUT2D eigenvalue weighted by atomic mass is 9.78. The second-order valence-corrected chi connectivity index (χ2v) is 5.85. The van der Waals surface area contributed by atoms with Crippen molar-refractivity contribution in [3.05, 3.63) is 24.0 Å². The minimum Gasteiger partial charge on any atom is -0.348 e. The Bertz CT molecular complexity index is 461. The summed E-state index contributed by atoms with van der Waals surface area (Å²) in [6.45, 7) is 4.46. The van der Waals surface area contributed by atoms with Gasteiger partial charge in [-0.15, -0.1) is 0 Å². The Kier molecular flexibility index (Phi) is 4.95. The molecule has 5 nitrogen and oxygen atoms in total. The quantitative estimate of drug-likeness (QED) is 0.582. The summed E-state index contributed by atoms with van der Waals surface area (Å²) in [4.78, 5) is 16.4. The number of rotatable bonds is 4. The lowest BCUT2D eigenvalue weighted by Crippen LogP contribution is -2.44. The lowest BCUT2D eigenvalue weighted by Gasteiger charge is -2.34. The van der Waals surface area contributed by atoms with Crippen LogP contribution in [-0.4, -0.2) is 16.9 Å². The molecule has 20 heavy (non-hydrogen) atoms. The topological polar surface area (TPSA) is 80.0 Å². The number of hydrogen-bond acceptors (Lipinski definition) is 4. The highest BCUT2D eigenvalue weighted by molar-refractivity contribution is 5.93. The number of carbonyl (C=O) groups is 1. The first-order chi connectivity index (χ1) is 9.61. The van der Waals surface area contributed by atoms with Crippen LogP contribution in [0.4, 0.5) is 5.69 Å². The SMILES string of the molecule is CC(C)C1CCCCC1NC(=O)c1cc(NN)ccn1. The molecule has 2 atom stereocenters. The molecule has 4 N–H and O–H groups in total. The van der Waals surface area contributed by atoms with E-state index in [1.807, 2.05) is 0 Å². The average molecular weight is 276 g/mol. The van der Waals surface area contributed by atoms with E-state index in [-0.39, 0.29) is 11.9 Å². The Balaban J connectivity index is 2.05. The van der Waals surface area contributed by atoms with Gasteiger partial charge in [0.1, 0.15) is 5.69 Å². The summed E-state index contributed by atoms with van der Waals surface area (Å²) in [5.41, 5.74) is 3.63. The van der Waals surface area contributed by atoms with Crippen molar-refractivity contribution in [3.8, 4) is 0 Å². The highest BCUT2D eigenvalue weighted by atomic mass is 16.1.